The van der Waals surface area contributed by atoms with Crippen molar-refractivity contribution in [3.8, 4) is 5.75 Å². The van der Waals surface area contributed by atoms with Crippen LogP contribution in [-0.2, 0) is 6.42 Å². The Balaban J connectivity index is 1.65. The Morgan fingerprint density at radius 1 is 1.00 bits per heavy atom. The maximum Gasteiger partial charge on any atom is 0.257 e. The van der Waals surface area contributed by atoms with Crippen molar-refractivity contribution in [1.29, 1.82) is 0 Å². The molecule has 3 aromatic carbocycles. The van der Waals surface area contributed by atoms with Crippen LogP contribution in [0, 0.1) is 0 Å². The minimum atomic E-state index is -0.256. The molecular weight excluding hydrogens is 360 g/mol. The molecule has 4 rings (SSSR count). The van der Waals surface area contributed by atoms with Crippen LogP contribution in [0.2, 0.25) is 0 Å². The fraction of sp³-hybridized carbons (Fsp3) is 0.160. The van der Waals surface area contributed by atoms with Gasteiger partial charge in [0.05, 0.1) is 5.56 Å². The third-order valence-electron chi connectivity index (χ3n) is 5.05. The second kappa shape index (κ2) is 8.65. The van der Waals surface area contributed by atoms with Gasteiger partial charge in [0.25, 0.3) is 5.91 Å². The van der Waals surface area contributed by atoms with Crippen LogP contribution in [0.15, 0.2) is 91.5 Å². The topological polar surface area (TPSA) is 41.6 Å². The third-order valence-corrected chi connectivity index (χ3v) is 5.05. The number of fused-ring (bicyclic) bond motifs is 1. The first-order chi connectivity index (χ1) is 14.3. The fourth-order valence-electron chi connectivity index (χ4n) is 3.61. The minimum Gasteiger partial charge on any atom is -0.490 e. The molecule has 0 radical (unpaired) electrons. The number of nitrogens with one attached hydrogen (secondary N) is 1. The lowest BCUT2D eigenvalue weighted by Crippen LogP contribution is -2.44. The van der Waals surface area contributed by atoms with Crippen molar-refractivity contribution >= 4 is 11.6 Å². The van der Waals surface area contributed by atoms with Crippen molar-refractivity contribution in [2.45, 2.75) is 12.6 Å². The number of rotatable bonds is 7. The molecule has 1 atom stereocenters. The van der Waals surface area contributed by atoms with Gasteiger partial charge in [0.1, 0.15) is 18.5 Å². The van der Waals surface area contributed by atoms with Crippen molar-refractivity contribution in [3.63, 3.8) is 0 Å². The van der Waals surface area contributed by atoms with E-state index in [4.69, 9.17) is 4.74 Å². The minimum absolute atomic E-state index is 0.0395. The fourth-order valence-corrected chi connectivity index (χ4v) is 3.61. The predicted octanol–water partition coefficient (Wildman–Crippen LogP) is 5.06. The molecule has 0 saturated carbocycles. The van der Waals surface area contributed by atoms with E-state index in [1.165, 1.54) is 5.56 Å². The summed E-state index contributed by atoms with van der Waals surface area (Å²) in [6.07, 6.45) is 2.25. The molecule has 0 saturated heterocycles. The lowest BCUT2D eigenvalue weighted by atomic mass is 10.0. The van der Waals surface area contributed by atoms with Gasteiger partial charge in [0, 0.05) is 12.2 Å². The Bertz CT molecular complexity index is 1000. The normalized spacial score (nSPS) is 15.4. The van der Waals surface area contributed by atoms with Crippen LogP contribution < -0.4 is 10.1 Å². The molecule has 4 nitrogen and oxygen atoms in total. The highest BCUT2D eigenvalue weighted by Crippen LogP contribution is 2.34. The van der Waals surface area contributed by atoms with E-state index in [9.17, 15) is 4.79 Å². The number of carbonyl (C=O) groups is 1. The third kappa shape index (κ3) is 4.16. The standard InChI is InChI=1S/C25H24N2O2/c1-2-17-29-21-12-8-11-20(18-21)24-26-23-14-7-6-13-22(23)25(28)27(24)16-15-19-9-4-3-5-10-19/h2-14,18,24,26H,1,15-17H2. The van der Waals surface area contributed by atoms with E-state index in [2.05, 4.69) is 24.0 Å². The summed E-state index contributed by atoms with van der Waals surface area (Å²) in [6.45, 7) is 4.76. The Labute approximate surface area is 171 Å². The first kappa shape index (κ1) is 18.8. The van der Waals surface area contributed by atoms with Crippen LogP contribution >= 0.6 is 0 Å². The first-order valence-electron chi connectivity index (χ1n) is 9.80. The molecule has 146 valence electrons. The average Bonchev–Trinajstić information content (AvgIpc) is 2.78. The van der Waals surface area contributed by atoms with Crippen LogP contribution in [0.5, 0.6) is 5.75 Å². The summed E-state index contributed by atoms with van der Waals surface area (Å²) in [7, 11) is 0. The van der Waals surface area contributed by atoms with Crippen molar-refractivity contribution < 1.29 is 9.53 Å². The molecule has 1 amide bonds. The molecule has 1 unspecified atom stereocenters. The number of anilines is 1. The highest BCUT2D eigenvalue weighted by Gasteiger charge is 2.32. The lowest BCUT2D eigenvalue weighted by molar-refractivity contribution is 0.0685. The Morgan fingerprint density at radius 2 is 1.79 bits per heavy atom. The molecule has 0 aromatic heterocycles. The van der Waals surface area contributed by atoms with Crippen LogP contribution in [0.4, 0.5) is 5.69 Å². The molecule has 4 heteroatoms. The zero-order valence-electron chi connectivity index (χ0n) is 16.3. The maximum absolute atomic E-state index is 13.3. The van der Waals surface area contributed by atoms with Crippen LogP contribution in [0.25, 0.3) is 0 Å². The van der Waals surface area contributed by atoms with Gasteiger partial charge in [0.2, 0.25) is 0 Å². The molecule has 0 bridgehead atoms. The number of carbonyl (C=O) groups excluding carboxylic acids is 1. The maximum atomic E-state index is 13.3. The zero-order valence-corrected chi connectivity index (χ0v) is 16.3. The number of hydrogen-bond donors (Lipinski definition) is 1. The van der Waals surface area contributed by atoms with E-state index in [1.54, 1.807) is 6.08 Å². The van der Waals surface area contributed by atoms with E-state index in [0.29, 0.717) is 18.7 Å². The summed E-state index contributed by atoms with van der Waals surface area (Å²) in [5.74, 6) is 0.802. The predicted molar refractivity (Wildman–Crippen MR) is 116 cm³/mol. The van der Waals surface area contributed by atoms with E-state index < -0.39 is 0 Å². The quantitative estimate of drug-likeness (QED) is 0.579. The van der Waals surface area contributed by atoms with Crippen molar-refractivity contribution in [2.75, 3.05) is 18.5 Å². The van der Waals surface area contributed by atoms with Crippen LogP contribution in [0.3, 0.4) is 0 Å². The van der Waals surface area contributed by atoms with Gasteiger partial charge in [0.15, 0.2) is 0 Å². The summed E-state index contributed by atoms with van der Waals surface area (Å²) in [6, 6.07) is 25.8. The van der Waals surface area contributed by atoms with Gasteiger partial charge in [-0.2, -0.15) is 0 Å². The van der Waals surface area contributed by atoms with E-state index in [0.717, 1.165) is 23.4 Å². The highest BCUT2D eigenvalue weighted by molar-refractivity contribution is 6.01. The second-order valence-electron chi connectivity index (χ2n) is 7.00. The number of ether oxygens (including phenoxy) is 1. The number of amides is 1. The zero-order chi connectivity index (χ0) is 20.1. The molecule has 1 heterocycles. The largest absolute Gasteiger partial charge is 0.490 e. The van der Waals surface area contributed by atoms with Gasteiger partial charge < -0.3 is 15.0 Å². The summed E-state index contributed by atoms with van der Waals surface area (Å²) >= 11 is 0. The van der Waals surface area contributed by atoms with E-state index in [-0.39, 0.29) is 12.1 Å². The Kier molecular flexibility index (Phi) is 5.61. The van der Waals surface area contributed by atoms with Crippen molar-refractivity contribution in [2.24, 2.45) is 0 Å². The molecular formula is C25H24N2O2. The van der Waals surface area contributed by atoms with E-state index in [1.807, 2.05) is 71.6 Å². The van der Waals surface area contributed by atoms with Gasteiger partial charge in [-0.3, -0.25) is 4.79 Å². The molecule has 3 aromatic rings. The van der Waals surface area contributed by atoms with E-state index >= 15 is 0 Å². The Hall–Kier alpha value is -3.53. The van der Waals surface area contributed by atoms with Gasteiger partial charge in [-0.25, -0.2) is 0 Å². The van der Waals surface area contributed by atoms with Gasteiger partial charge in [-0.05, 0) is 41.8 Å². The van der Waals surface area contributed by atoms with Gasteiger partial charge >= 0.3 is 0 Å². The second-order valence-corrected chi connectivity index (χ2v) is 7.00. The SMILES string of the molecule is C=CCOc1cccc(C2Nc3ccccc3C(=O)N2CCc2ccccc2)c1. The molecule has 0 fully saturated rings. The number of benzene rings is 3. The summed E-state index contributed by atoms with van der Waals surface area (Å²) in [5, 5.41) is 3.54. The van der Waals surface area contributed by atoms with Gasteiger partial charge in [-0.15, -0.1) is 0 Å². The molecule has 1 N–H and O–H groups in total. The molecule has 29 heavy (non-hydrogen) atoms. The smallest absolute Gasteiger partial charge is 0.257 e. The summed E-state index contributed by atoms with van der Waals surface area (Å²) in [5.41, 5.74) is 3.76. The van der Waals surface area contributed by atoms with Crippen LogP contribution in [0.1, 0.15) is 27.7 Å². The number of para-hydroxylation sites is 1. The average molecular weight is 384 g/mol. The molecule has 1 aliphatic heterocycles. The first-order valence-corrected chi connectivity index (χ1v) is 9.80. The van der Waals surface area contributed by atoms with Gasteiger partial charge in [-0.1, -0.05) is 67.3 Å². The summed E-state index contributed by atoms with van der Waals surface area (Å²) < 4.78 is 5.70. The monoisotopic (exact) mass is 384 g/mol. The van der Waals surface area contributed by atoms with Crippen molar-refractivity contribution in [3.05, 3.63) is 108 Å². The Morgan fingerprint density at radius 3 is 2.62 bits per heavy atom. The highest BCUT2D eigenvalue weighted by atomic mass is 16.5. The molecule has 1 aliphatic rings. The number of nitrogens with zero attached hydrogens (tertiary/aromatic N) is 1. The molecule has 0 aliphatic carbocycles. The van der Waals surface area contributed by atoms with Crippen LogP contribution in [-0.4, -0.2) is 24.0 Å². The summed E-state index contributed by atoms with van der Waals surface area (Å²) in [4.78, 5) is 15.2. The lowest BCUT2D eigenvalue weighted by Gasteiger charge is -2.38. The molecule has 0 spiro atoms. The van der Waals surface area contributed by atoms with Crippen molar-refractivity contribution in [1.82, 2.24) is 4.90 Å². The number of hydrogen-bond acceptors (Lipinski definition) is 3.